The summed E-state index contributed by atoms with van der Waals surface area (Å²) in [6, 6.07) is 13.3. The second-order valence-electron chi connectivity index (χ2n) is 8.12. The number of carbonyl (C=O) groups excluding carboxylic acids is 1. The maximum absolute atomic E-state index is 13.5. The normalized spacial score (nSPS) is 15.7. The van der Waals surface area contributed by atoms with Crippen LogP contribution in [0.3, 0.4) is 0 Å². The molecule has 0 unspecified atom stereocenters. The number of sulfonamides is 1. The molecule has 32 heavy (non-hydrogen) atoms. The molecule has 1 fully saturated rings. The Balaban J connectivity index is 1.72. The van der Waals surface area contributed by atoms with E-state index in [2.05, 4.69) is 12.2 Å². The topological polar surface area (TPSA) is 88.5 Å². The lowest BCUT2D eigenvalue weighted by Gasteiger charge is -2.30. The van der Waals surface area contributed by atoms with Crippen LogP contribution in [0.5, 0.6) is 0 Å². The summed E-state index contributed by atoms with van der Waals surface area (Å²) in [4.78, 5) is 25.7. The van der Waals surface area contributed by atoms with Crippen molar-refractivity contribution in [2.75, 3.05) is 18.4 Å². The third kappa shape index (κ3) is 4.57. The van der Waals surface area contributed by atoms with E-state index in [1.54, 1.807) is 48.5 Å². The Morgan fingerprint density at radius 2 is 1.78 bits per heavy atom. The molecule has 2 heterocycles. The first-order valence-electron chi connectivity index (χ1n) is 10.4. The summed E-state index contributed by atoms with van der Waals surface area (Å²) in [5, 5.41) is 3.78. The molecule has 3 aromatic rings. The molecular weight excluding hydrogens is 450 g/mol. The SMILES string of the molecule is CC1CCN(S(=O)(=O)c2cn(CC(=O)Nc3cccc(Cl)c3)c(=O)c3ccccc23)CC1. The van der Waals surface area contributed by atoms with Crippen LogP contribution in [0, 0.1) is 5.92 Å². The average Bonchev–Trinajstić information content (AvgIpc) is 2.76. The van der Waals surface area contributed by atoms with Gasteiger partial charge in [0.2, 0.25) is 15.9 Å². The van der Waals surface area contributed by atoms with Crippen molar-refractivity contribution in [2.24, 2.45) is 5.92 Å². The molecule has 1 aromatic heterocycles. The van der Waals surface area contributed by atoms with Gasteiger partial charge in [0.15, 0.2) is 0 Å². The van der Waals surface area contributed by atoms with Crippen molar-refractivity contribution in [1.29, 1.82) is 0 Å². The molecule has 168 valence electrons. The van der Waals surface area contributed by atoms with Crippen molar-refractivity contribution in [3.8, 4) is 0 Å². The van der Waals surface area contributed by atoms with E-state index in [9.17, 15) is 18.0 Å². The van der Waals surface area contributed by atoms with Gasteiger partial charge in [-0.1, -0.05) is 42.8 Å². The highest BCUT2D eigenvalue weighted by molar-refractivity contribution is 7.89. The van der Waals surface area contributed by atoms with Gasteiger partial charge < -0.3 is 9.88 Å². The van der Waals surface area contributed by atoms with Gasteiger partial charge in [-0.05, 0) is 43.0 Å². The average molecular weight is 474 g/mol. The summed E-state index contributed by atoms with van der Waals surface area (Å²) >= 11 is 5.95. The fraction of sp³-hybridized carbons (Fsp3) is 0.304. The van der Waals surface area contributed by atoms with Crippen molar-refractivity contribution in [1.82, 2.24) is 8.87 Å². The Kier molecular flexibility index (Phi) is 6.37. The zero-order chi connectivity index (χ0) is 22.9. The molecule has 7 nitrogen and oxygen atoms in total. The molecule has 1 aliphatic heterocycles. The Morgan fingerprint density at radius 3 is 2.47 bits per heavy atom. The highest BCUT2D eigenvalue weighted by Crippen LogP contribution is 2.27. The van der Waals surface area contributed by atoms with Gasteiger partial charge in [0, 0.05) is 40.8 Å². The molecule has 0 spiro atoms. The van der Waals surface area contributed by atoms with Gasteiger partial charge in [0.25, 0.3) is 5.56 Å². The standard InChI is InChI=1S/C23H24ClN3O4S/c1-16-9-11-27(12-10-16)32(30,31)21-14-26(23(29)20-8-3-2-7-19(20)21)15-22(28)25-18-6-4-5-17(24)13-18/h2-8,13-14,16H,9-12,15H2,1H3,(H,25,28). The van der Waals surface area contributed by atoms with Crippen molar-refractivity contribution >= 4 is 44.0 Å². The van der Waals surface area contributed by atoms with Crippen LogP contribution in [-0.4, -0.2) is 36.3 Å². The number of fused-ring (bicyclic) bond motifs is 1. The first-order valence-corrected chi connectivity index (χ1v) is 12.3. The summed E-state index contributed by atoms with van der Waals surface area (Å²) in [5.74, 6) is 0.0159. The molecule has 0 bridgehead atoms. The third-order valence-corrected chi connectivity index (χ3v) is 7.90. The van der Waals surface area contributed by atoms with E-state index >= 15 is 0 Å². The van der Waals surface area contributed by atoms with Gasteiger partial charge in [0.1, 0.15) is 11.4 Å². The molecule has 0 radical (unpaired) electrons. The van der Waals surface area contributed by atoms with Crippen molar-refractivity contribution in [2.45, 2.75) is 31.2 Å². The van der Waals surface area contributed by atoms with E-state index < -0.39 is 21.5 Å². The molecule has 0 aliphatic carbocycles. The number of benzene rings is 2. The summed E-state index contributed by atoms with van der Waals surface area (Å²) in [6.45, 7) is 2.66. The van der Waals surface area contributed by atoms with Crippen LogP contribution in [-0.2, 0) is 21.4 Å². The van der Waals surface area contributed by atoms with Gasteiger partial charge in [-0.15, -0.1) is 0 Å². The van der Waals surface area contributed by atoms with E-state index in [0.717, 1.165) is 17.4 Å². The minimum absolute atomic E-state index is 0.0396. The lowest BCUT2D eigenvalue weighted by atomic mass is 10.0. The zero-order valence-electron chi connectivity index (χ0n) is 17.6. The van der Waals surface area contributed by atoms with E-state index in [1.165, 1.54) is 10.5 Å². The van der Waals surface area contributed by atoms with Crippen LogP contribution in [0.2, 0.25) is 5.02 Å². The molecule has 1 aliphatic rings. The van der Waals surface area contributed by atoms with Gasteiger partial charge in [0.05, 0.1) is 0 Å². The summed E-state index contributed by atoms with van der Waals surface area (Å²) in [7, 11) is -3.83. The Morgan fingerprint density at radius 1 is 1.09 bits per heavy atom. The van der Waals surface area contributed by atoms with E-state index in [-0.39, 0.29) is 16.8 Å². The number of aromatic nitrogens is 1. The second kappa shape index (κ2) is 9.05. The number of anilines is 1. The molecule has 1 saturated heterocycles. The van der Waals surface area contributed by atoms with Crippen LogP contribution in [0.1, 0.15) is 19.8 Å². The predicted octanol–water partition coefficient (Wildman–Crippen LogP) is 3.71. The molecule has 0 atom stereocenters. The van der Waals surface area contributed by atoms with E-state index in [0.29, 0.717) is 35.1 Å². The highest BCUT2D eigenvalue weighted by atomic mass is 35.5. The van der Waals surface area contributed by atoms with E-state index in [1.807, 2.05) is 0 Å². The molecule has 9 heteroatoms. The van der Waals surface area contributed by atoms with Crippen LogP contribution in [0.4, 0.5) is 5.69 Å². The number of piperidine rings is 1. The number of hydrogen-bond acceptors (Lipinski definition) is 4. The van der Waals surface area contributed by atoms with Gasteiger partial charge in [-0.3, -0.25) is 9.59 Å². The van der Waals surface area contributed by atoms with Crippen molar-refractivity contribution in [3.63, 3.8) is 0 Å². The molecule has 2 aromatic carbocycles. The summed E-state index contributed by atoms with van der Waals surface area (Å²) < 4.78 is 29.6. The second-order valence-corrected chi connectivity index (χ2v) is 10.5. The number of nitrogens with zero attached hydrogens (tertiary/aromatic N) is 2. The largest absolute Gasteiger partial charge is 0.324 e. The number of nitrogens with one attached hydrogen (secondary N) is 1. The van der Waals surface area contributed by atoms with Crippen LogP contribution < -0.4 is 10.9 Å². The van der Waals surface area contributed by atoms with Crippen LogP contribution in [0.15, 0.2) is 64.4 Å². The third-order valence-electron chi connectivity index (χ3n) is 5.74. The van der Waals surface area contributed by atoms with Crippen molar-refractivity contribution in [3.05, 3.63) is 70.1 Å². The molecule has 4 rings (SSSR count). The monoisotopic (exact) mass is 473 g/mol. The summed E-state index contributed by atoms with van der Waals surface area (Å²) in [6.07, 6.45) is 2.87. The quantitative estimate of drug-likeness (QED) is 0.611. The number of hydrogen-bond donors (Lipinski definition) is 1. The molecular formula is C23H24ClN3O4S. The van der Waals surface area contributed by atoms with Crippen LogP contribution in [0.25, 0.3) is 10.8 Å². The lowest BCUT2D eigenvalue weighted by Crippen LogP contribution is -2.38. The van der Waals surface area contributed by atoms with Gasteiger partial charge in [-0.25, -0.2) is 8.42 Å². The smallest absolute Gasteiger partial charge is 0.258 e. The number of rotatable bonds is 5. The Hall–Kier alpha value is -2.68. The zero-order valence-corrected chi connectivity index (χ0v) is 19.2. The number of amides is 1. The first-order chi connectivity index (χ1) is 15.3. The minimum atomic E-state index is -3.83. The minimum Gasteiger partial charge on any atom is -0.324 e. The van der Waals surface area contributed by atoms with Crippen molar-refractivity contribution < 1.29 is 13.2 Å². The Bertz CT molecular complexity index is 1330. The number of halogens is 1. The molecule has 1 amide bonds. The molecule has 0 saturated carbocycles. The summed E-state index contributed by atoms with van der Waals surface area (Å²) in [5.41, 5.74) is 0.0691. The predicted molar refractivity (Wildman–Crippen MR) is 125 cm³/mol. The lowest BCUT2D eigenvalue weighted by molar-refractivity contribution is -0.116. The maximum atomic E-state index is 13.5. The number of pyridine rings is 1. The van der Waals surface area contributed by atoms with Gasteiger partial charge in [-0.2, -0.15) is 4.31 Å². The fourth-order valence-corrected chi connectivity index (χ4v) is 5.79. The first kappa shape index (κ1) is 22.5. The Labute approximate surface area is 191 Å². The molecule has 1 N–H and O–H groups in total. The fourth-order valence-electron chi connectivity index (χ4n) is 3.92. The van der Waals surface area contributed by atoms with Crippen LogP contribution >= 0.6 is 11.6 Å². The van der Waals surface area contributed by atoms with E-state index in [4.69, 9.17) is 11.6 Å². The highest BCUT2D eigenvalue weighted by Gasteiger charge is 2.30. The number of carbonyl (C=O) groups is 1. The maximum Gasteiger partial charge on any atom is 0.258 e. The van der Waals surface area contributed by atoms with Gasteiger partial charge >= 0.3 is 0 Å².